The molecule has 0 radical (unpaired) electrons. The van der Waals surface area contributed by atoms with Crippen molar-refractivity contribution in [1.29, 1.82) is 0 Å². The van der Waals surface area contributed by atoms with Gasteiger partial charge in [0, 0.05) is 6.26 Å². The smallest absolute Gasteiger partial charge is 0.203 e. The lowest BCUT2D eigenvalue weighted by molar-refractivity contribution is 0.324. The number of hydrogen-bond acceptors (Lipinski definition) is 5. The van der Waals surface area contributed by atoms with Crippen molar-refractivity contribution in [3.8, 4) is 17.2 Å². The van der Waals surface area contributed by atoms with Crippen molar-refractivity contribution in [2.24, 2.45) is 5.41 Å². The number of sulfone groups is 1. The lowest BCUT2D eigenvalue weighted by Crippen LogP contribution is -1.98. The molecule has 2 aromatic carbocycles. The zero-order valence-corrected chi connectivity index (χ0v) is 18.1. The van der Waals surface area contributed by atoms with Crippen LogP contribution in [0.1, 0.15) is 36.8 Å². The van der Waals surface area contributed by atoms with Crippen molar-refractivity contribution < 1.29 is 22.6 Å². The van der Waals surface area contributed by atoms with Gasteiger partial charge in [-0.1, -0.05) is 12.1 Å². The molecule has 0 heterocycles. The van der Waals surface area contributed by atoms with Crippen LogP contribution in [0, 0.1) is 5.41 Å². The fraction of sp³-hybridized carbons (Fsp3) is 0.391. The standard InChI is InChI=1S/C23H26O5S/c1-26-20-11-16(12-21(27-2)22(20)28-3)19-14-23(9-10-23)13-18(19)15-5-7-17(8-6-15)29(4,24)25/h5-8,11-12H,9-10,13-14H2,1-4H3. The predicted octanol–water partition coefficient (Wildman–Crippen LogP) is 4.60. The summed E-state index contributed by atoms with van der Waals surface area (Å²) >= 11 is 0. The van der Waals surface area contributed by atoms with Gasteiger partial charge in [0.2, 0.25) is 5.75 Å². The Morgan fingerprint density at radius 3 is 1.72 bits per heavy atom. The summed E-state index contributed by atoms with van der Waals surface area (Å²) in [5.41, 5.74) is 5.03. The van der Waals surface area contributed by atoms with Gasteiger partial charge in [0.25, 0.3) is 0 Å². The third-order valence-electron chi connectivity index (χ3n) is 6.07. The molecule has 4 rings (SSSR count). The lowest BCUT2D eigenvalue weighted by Gasteiger charge is -2.16. The highest BCUT2D eigenvalue weighted by molar-refractivity contribution is 7.90. The van der Waals surface area contributed by atoms with Gasteiger partial charge in [-0.15, -0.1) is 0 Å². The van der Waals surface area contributed by atoms with Crippen molar-refractivity contribution >= 4 is 21.0 Å². The zero-order valence-electron chi connectivity index (χ0n) is 17.2. The molecule has 6 heteroatoms. The third kappa shape index (κ3) is 3.62. The number of ether oxygens (including phenoxy) is 3. The van der Waals surface area contributed by atoms with Crippen molar-refractivity contribution in [3.63, 3.8) is 0 Å². The molecule has 154 valence electrons. The quantitative estimate of drug-likeness (QED) is 0.691. The number of methoxy groups -OCH3 is 3. The summed E-state index contributed by atoms with van der Waals surface area (Å²) < 4.78 is 40.2. The normalized spacial score (nSPS) is 17.5. The van der Waals surface area contributed by atoms with E-state index in [0.29, 0.717) is 27.6 Å². The van der Waals surface area contributed by atoms with Crippen LogP contribution in [-0.2, 0) is 9.84 Å². The topological polar surface area (TPSA) is 61.8 Å². The van der Waals surface area contributed by atoms with Crippen LogP contribution in [0.2, 0.25) is 0 Å². The second kappa shape index (κ2) is 7.10. The van der Waals surface area contributed by atoms with E-state index in [0.717, 1.165) is 24.0 Å². The van der Waals surface area contributed by atoms with Gasteiger partial charge in [-0.25, -0.2) is 8.42 Å². The number of allylic oxidation sites excluding steroid dienone is 2. The Morgan fingerprint density at radius 1 is 0.793 bits per heavy atom. The second-order valence-corrected chi connectivity index (χ2v) is 10.0. The first-order valence-electron chi connectivity index (χ1n) is 9.63. The highest BCUT2D eigenvalue weighted by Gasteiger charge is 2.48. The van der Waals surface area contributed by atoms with Gasteiger partial charge < -0.3 is 14.2 Å². The monoisotopic (exact) mass is 414 g/mol. The fourth-order valence-corrected chi connectivity index (χ4v) is 4.90. The molecule has 0 N–H and O–H groups in total. The summed E-state index contributed by atoms with van der Waals surface area (Å²) in [6, 6.07) is 11.2. The Bertz CT molecular complexity index is 1050. The molecule has 1 saturated carbocycles. The SMILES string of the molecule is COc1cc(C2=C(c3ccc(S(C)(=O)=O)cc3)CC3(CC3)C2)cc(OC)c1OC. The van der Waals surface area contributed by atoms with E-state index in [4.69, 9.17) is 14.2 Å². The van der Waals surface area contributed by atoms with E-state index in [2.05, 4.69) is 0 Å². The van der Waals surface area contributed by atoms with Crippen LogP contribution in [0.5, 0.6) is 17.2 Å². The summed E-state index contributed by atoms with van der Waals surface area (Å²) in [7, 11) is 1.64. The summed E-state index contributed by atoms with van der Waals surface area (Å²) in [5, 5.41) is 0. The van der Waals surface area contributed by atoms with E-state index in [1.165, 1.54) is 30.2 Å². The predicted molar refractivity (Wildman–Crippen MR) is 113 cm³/mol. The average molecular weight is 415 g/mol. The van der Waals surface area contributed by atoms with Crippen LogP contribution in [-0.4, -0.2) is 36.0 Å². The molecule has 0 aliphatic heterocycles. The minimum atomic E-state index is -3.21. The molecule has 0 bridgehead atoms. The van der Waals surface area contributed by atoms with Crippen molar-refractivity contribution in [2.45, 2.75) is 30.6 Å². The maximum absolute atomic E-state index is 11.8. The fourth-order valence-electron chi connectivity index (χ4n) is 4.27. The molecule has 1 spiro atoms. The van der Waals surface area contributed by atoms with Crippen LogP contribution >= 0.6 is 0 Å². The molecular weight excluding hydrogens is 388 g/mol. The largest absolute Gasteiger partial charge is 0.493 e. The Balaban J connectivity index is 1.83. The van der Waals surface area contributed by atoms with Crippen LogP contribution < -0.4 is 14.2 Å². The van der Waals surface area contributed by atoms with E-state index in [1.807, 2.05) is 24.3 Å². The summed E-state index contributed by atoms with van der Waals surface area (Å²) in [6.45, 7) is 0. The van der Waals surface area contributed by atoms with E-state index in [1.54, 1.807) is 33.5 Å². The Kier molecular flexibility index (Phi) is 4.85. The lowest BCUT2D eigenvalue weighted by atomic mass is 9.96. The zero-order chi connectivity index (χ0) is 20.8. The van der Waals surface area contributed by atoms with Gasteiger partial charge in [-0.2, -0.15) is 0 Å². The molecular formula is C23H26O5S. The van der Waals surface area contributed by atoms with Crippen LogP contribution in [0.15, 0.2) is 41.3 Å². The summed E-state index contributed by atoms with van der Waals surface area (Å²) in [5.74, 6) is 1.85. The molecule has 0 aromatic heterocycles. The van der Waals surface area contributed by atoms with E-state index >= 15 is 0 Å². The van der Waals surface area contributed by atoms with Crippen LogP contribution in [0.25, 0.3) is 11.1 Å². The number of hydrogen-bond donors (Lipinski definition) is 0. The molecule has 5 nitrogen and oxygen atoms in total. The molecule has 0 saturated heterocycles. The Labute approximate surface area is 172 Å². The maximum atomic E-state index is 11.8. The molecule has 2 aromatic rings. The van der Waals surface area contributed by atoms with Crippen LogP contribution in [0.3, 0.4) is 0 Å². The van der Waals surface area contributed by atoms with Gasteiger partial charge in [-0.05, 0) is 77.6 Å². The second-order valence-electron chi connectivity index (χ2n) is 8.02. The van der Waals surface area contributed by atoms with Gasteiger partial charge in [0.15, 0.2) is 21.3 Å². The van der Waals surface area contributed by atoms with Gasteiger partial charge in [-0.3, -0.25) is 0 Å². The Hall–Kier alpha value is -2.47. The van der Waals surface area contributed by atoms with E-state index < -0.39 is 9.84 Å². The molecule has 0 unspecified atom stereocenters. The molecule has 29 heavy (non-hydrogen) atoms. The molecule has 0 atom stereocenters. The highest BCUT2D eigenvalue weighted by Crippen LogP contribution is 2.63. The highest BCUT2D eigenvalue weighted by atomic mass is 32.2. The minimum absolute atomic E-state index is 0.343. The Morgan fingerprint density at radius 2 is 1.31 bits per heavy atom. The average Bonchev–Trinajstić information content (AvgIpc) is 3.36. The number of rotatable bonds is 6. The maximum Gasteiger partial charge on any atom is 0.203 e. The van der Waals surface area contributed by atoms with Crippen molar-refractivity contribution in [1.82, 2.24) is 0 Å². The van der Waals surface area contributed by atoms with Gasteiger partial charge >= 0.3 is 0 Å². The van der Waals surface area contributed by atoms with E-state index in [9.17, 15) is 8.42 Å². The first-order chi connectivity index (χ1) is 13.8. The summed E-state index contributed by atoms with van der Waals surface area (Å²) in [6.07, 6.45) is 5.71. The minimum Gasteiger partial charge on any atom is -0.493 e. The van der Waals surface area contributed by atoms with Crippen molar-refractivity contribution in [2.75, 3.05) is 27.6 Å². The van der Waals surface area contributed by atoms with Crippen molar-refractivity contribution in [3.05, 3.63) is 47.5 Å². The first kappa shape index (κ1) is 19.8. The van der Waals surface area contributed by atoms with Crippen LogP contribution in [0.4, 0.5) is 0 Å². The van der Waals surface area contributed by atoms with E-state index in [-0.39, 0.29) is 0 Å². The third-order valence-corrected chi connectivity index (χ3v) is 7.20. The summed E-state index contributed by atoms with van der Waals surface area (Å²) in [4.78, 5) is 0.343. The molecule has 2 aliphatic carbocycles. The van der Waals surface area contributed by atoms with Gasteiger partial charge in [0.1, 0.15) is 0 Å². The van der Waals surface area contributed by atoms with Gasteiger partial charge in [0.05, 0.1) is 26.2 Å². The molecule has 2 aliphatic rings. The molecule has 1 fully saturated rings. The number of benzene rings is 2. The molecule has 0 amide bonds. The first-order valence-corrected chi connectivity index (χ1v) is 11.5.